The molecule has 1 aliphatic carbocycles. The van der Waals surface area contributed by atoms with Gasteiger partial charge in [-0.15, -0.1) is 0 Å². The van der Waals surface area contributed by atoms with Gasteiger partial charge in [-0.1, -0.05) is 24.1 Å². The van der Waals surface area contributed by atoms with Crippen molar-refractivity contribution < 1.29 is 17.6 Å². The molecule has 1 aromatic carbocycles. The fraction of sp³-hybridized carbons (Fsp3) is 0.600. The molecule has 1 fully saturated rings. The normalized spacial score (nSPS) is 24.9. The number of hydrogen-bond acceptors (Lipinski definition) is 1. The molecule has 1 saturated carbocycles. The first-order valence-corrected chi connectivity index (χ1v) is 7.41. The van der Waals surface area contributed by atoms with Crippen LogP contribution >= 0.6 is 11.6 Å². The van der Waals surface area contributed by atoms with E-state index in [2.05, 4.69) is 0 Å². The van der Waals surface area contributed by atoms with E-state index in [1.807, 2.05) is 0 Å². The van der Waals surface area contributed by atoms with Crippen molar-refractivity contribution in [3.63, 3.8) is 0 Å². The summed E-state index contributed by atoms with van der Waals surface area (Å²) in [7, 11) is 0. The van der Waals surface area contributed by atoms with Gasteiger partial charge < -0.3 is 5.73 Å². The summed E-state index contributed by atoms with van der Waals surface area (Å²) in [6, 6.07) is 3.84. The number of rotatable bonds is 3. The molecule has 0 heterocycles. The van der Waals surface area contributed by atoms with Crippen molar-refractivity contribution in [3.8, 4) is 0 Å². The van der Waals surface area contributed by atoms with E-state index in [9.17, 15) is 17.6 Å². The molecule has 0 amide bonds. The highest BCUT2D eigenvalue weighted by Crippen LogP contribution is 2.41. The molecule has 0 aliphatic heterocycles. The summed E-state index contributed by atoms with van der Waals surface area (Å²) in [6.07, 6.45) is -2.53. The number of benzene rings is 1. The van der Waals surface area contributed by atoms with E-state index in [1.54, 1.807) is 12.1 Å². The average molecular weight is 324 g/mol. The molecule has 1 aliphatic rings. The minimum absolute atomic E-state index is 0.0415. The first-order valence-electron chi connectivity index (χ1n) is 7.03. The maximum absolute atomic E-state index is 13.7. The van der Waals surface area contributed by atoms with Crippen molar-refractivity contribution in [2.45, 2.75) is 44.3 Å². The van der Waals surface area contributed by atoms with Gasteiger partial charge in [0.1, 0.15) is 5.82 Å². The van der Waals surface area contributed by atoms with Crippen LogP contribution in [0.2, 0.25) is 5.02 Å². The smallest absolute Gasteiger partial charge is 0.327 e. The number of hydrogen-bond donors (Lipinski definition) is 1. The molecule has 21 heavy (non-hydrogen) atoms. The van der Waals surface area contributed by atoms with E-state index >= 15 is 0 Å². The average Bonchev–Trinajstić information content (AvgIpc) is 2.41. The lowest BCUT2D eigenvalue weighted by molar-refractivity contribution is -0.186. The Kier molecular flexibility index (Phi) is 5.15. The molecule has 118 valence electrons. The third-order valence-electron chi connectivity index (χ3n) is 4.25. The van der Waals surface area contributed by atoms with Crippen LogP contribution in [0, 0.1) is 17.7 Å². The van der Waals surface area contributed by atoms with Crippen LogP contribution in [0.15, 0.2) is 18.2 Å². The Morgan fingerprint density at radius 1 is 1.29 bits per heavy atom. The fourth-order valence-corrected chi connectivity index (χ4v) is 3.18. The molecule has 0 radical (unpaired) electrons. The van der Waals surface area contributed by atoms with E-state index in [-0.39, 0.29) is 25.2 Å². The van der Waals surface area contributed by atoms with Crippen molar-refractivity contribution in [1.29, 1.82) is 0 Å². The van der Waals surface area contributed by atoms with Gasteiger partial charge in [0.05, 0.1) is 5.92 Å². The second-order valence-corrected chi connectivity index (χ2v) is 6.21. The molecule has 0 aromatic heterocycles. The summed E-state index contributed by atoms with van der Waals surface area (Å²) in [5.41, 5.74) is 6.43. The molecule has 2 N–H and O–H groups in total. The summed E-state index contributed by atoms with van der Waals surface area (Å²) in [5, 5.41) is 0.291. The topological polar surface area (TPSA) is 26.0 Å². The van der Waals surface area contributed by atoms with Crippen molar-refractivity contribution >= 4 is 11.6 Å². The van der Waals surface area contributed by atoms with E-state index in [0.717, 1.165) is 0 Å². The molecule has 1 aromatic rings. The zero-order chi connectivity index (χ0) is 15.6. The minimum Gasteiger partial charge on any atom is -0.327 e. The Labute approximate surface area is 126 Å². The molecular weight excluding hydrogens is 306 g/mol. The maximum atomic E-state index is 13.7. The molecule has 3 atom stereocenters. The van der Waals surface area contributed by atoms with Crippen molar-refractivity contribution in [2.24, 2.45) is 17.6 Å². The highest BCUT2D eigenvalue weighted by atomic mass is 35.5. The monoisotopic (exact) mass is 323 g/mol. The van der Waals surface area contributed by atoms with E-state index in [4.69, 9.17) is 17.3 Å². The SMILES string of the molecule is NC(Cc1ccc(Cl)cc1F)C1CCCC(C(F)(F)F)C1. The summed E-state index contributed by atoms with van der Waals surface area (Å²) >= 11 is 5.68. The molecule has 1 nitrogen and oxygen atoms in total. The standard InChI is InChI=1S/C15H18ClF4N/c16-12-5-4-9(13(17)8-12)7-14(21)10-2-1-3-11(6-10)15(18,19)20/h4-5,8,10-11,14H,1-3,6-7,21H2. The molecule has 2 rings (SSSR count). The van der Waals surface area contributed by atoms with Crippen molar-refractivity contribution in [1.82, 2.24) is 0 Å². The number of nitrogens with two attached hydrogens (primary N) is 1. The van der Waals surface area contributed by atoms with Crippen LogP contribution in [0.4, 0.5) is 17.6 Å². The lowest BCUT2D eigenvalue weighted by Gasteiger charge is -2.34. The molecule has 0 bridgehead atoms. The highest BCUT2D eigenvalue weighted by molar-refractivity contribution is 6.30. The first kappa shape index (κ1) is 16.6. The van der Waals surface area contributed by atoms with E-state index in [0.29, 0.717) is 23.4 Å². The van der Waals surface area contributed by atoms with Crippen LogP contribution in [0.1, 0.15) is 31.2 Å². The number of halogens is 5. The molecule has 0 saturated heterocycles. The molecular formula is C15H18ClF4N. The van der Waals surface area contributed by atoms with Gasteiger partial charge in [0.15, 0.2) is 0 Å². The van der Waals surface area contributed by atoms with Gasteiger partial charge in [-0.2, -0.15) is 13.2 Å². The zero-order valence-corrected chi connectivity index (χ0v) is 12.2. The van der Waals surface area contributed by atoms with Gasteiger partial charge >= 0.3 is 6.18 Å². The minimum atomic E-state index is -4.16. The molecule has 6 heteroatoms. The fourth-order valence-electron chi connectivity index (χ4n) is 3.02. The quantitative estimate of drug-likeness (QED) is 0.800. The Bertz CT molecular complexity index is 489. The Hall–Kier alpha value is -0.810. The second kappa shape index (κ2) is 6.53. The van der Waals surface area contributed by atoms with Gasteiger partial charge in [-0.05, 0) is 49.3 Å². The third kappa shape index (κ3) is 4.33. The van der Waals surface area contributed by atoms with Gasteiger partial charge in [-0.25, -0.2) is 4.39 Å². The van der Waals surface area contributed by atoms with Crippen LogP contribution in [-0.4, -0.2) is 12.2 Å². The van der Waals surface area contributed by atoms with Gasteiger partial charge in [0.25, 0.3) is 0 Å². The summed E-state index contributed by atoms with van der Waals surface area (Å²) < 4.78 is 52.1. The van der Waals surface area contributed by atoms with Crippen molar-refractivity contribution in [3.05, 3.63) is 34.6 Å². The summed E-state index contributed by atoms with van der Waals surface area (Å²) in [5.74, 6) is -1.96. The van der Waals surface area contributed by atoms with Crippen molar-refractivity contribution in [2.75, 3.05) is 0 Å². The number of alkyl halides is 3. The van der Waals surface area contributed by atoms with Gasteiger partial charge in [-0.3, -0.25) is 0 Å². The molecule has 3 unspecified atom stereocenters. The Morgan fingerprint density at radius 3 is 2.62 bits per heavy atom. The lowest BCUT2D eigenvalue weighted by Crippen LogP contribution is -2.39. The zero-order valence-electron chi connectivity index (χ0n) is 11.5. The lowest BCUT2D eigenvalue weighted by atomic mass is 9.76. The van der Waals surface area contributed by atoms with Crippen LogP contribution in [0.25, 0.3) is 0 Å². The van der Waals surface area contributed by atoms with Crippen LogP contribution in [0.5, 0.6) is 0 Å². The maximum Gasteiger partial charge on any atom is 0.391 e. The van der Waals surface area contributed by atoms with E-state index in [1.165, 1.54) is 6.07 Å². The van der Waals surface area contributed by atoms with Crippen LogP contribution < -0.4 is 5.73 Å². The molecule has 0 spiro atoms. The Morgan fingerprint density at radius 2 is 2.00 bits per heavy atom. The van der Waals surface area contributed by atoms with Gasteiger partial charge in [0, 0.05) is 11.1 Å². The second-order valence-electron chi connectivity index (χ2n) is 5.77. The highest BCUT2D eigenvalue weighted by Gasteiger charge is 2.43. The predicted molar refractivity (Wildman–Crippen MR) is 74.6 cm³/mol. The van der Waals surface area contributed by atoms with Crippen LogP contribution in [-0.2, 0) is 6.42 Å². The predicted octanol–water partition coefficient (Wildman–Crippen LogP) is 4.72. The van der Waals surface area contributed by atoms with E-state index < -0.39 is 24.0 Å². The summed E-state index contributed by atoms with van der Waals surface area (Å²) in [4.78, 5) is 0. The largest absolute Gasteiger partial charge is 0.391 e. The first-order chi connectivity index (χ1) is 9.77. The van der Waals surface area contributed by atoms with Gasteiger partial charge in [0.2, 0.25) is 0 Å². The summed E-state index contributed by atoms with van der Waals surface area (Å²) in [6.45, 7) is 0. The Balaban J connectivity index is 2.01. The third-order valence-corrected chi connectivity index (χ3v) is 4.49. The van der Waals surface area contributed by atoms with Crippen LogP contribution in [0.3, 0.4) is 0 Å².